The van der Waals surface area contributed by atoms with Crippen LogP contribution in [0.15, 0.2) is 41.6 Å². The molecular formula is C22H26N2O4S. The number of para-hydroxylation sites is 1. The Balaban J connectivity index is 1.82. The second kappa shape index (κ2) is 7.13. The van der Waals surface area contributed by atoms with Gasteiger partial charge in [-0.1, -0.05) is 18.2 Å². The summed E-state index contributed by atoms with van der Waals surface area (Å²) in [6, 6.07) is 9.33. The van der Waals surface area contributed by atoms with Gasteiger partial charge < -0.3 is 10.1 Å². The fourth-order valence-corrected chi connectivity index (χ4v) is 5.04. The van der Waals surface area contributed by atoms with Gasteiger partial charge in [0.2, 0.25) is 9.84 Å². The van der Waals surface area contributed by atoms with Gasteiger partial charge in [-0.3, -0.25) is 0 Å². The van der Waals surface area contributed by atoms with E-state index in [1.54, 1.807) is 20.8 Å². The van der Waals surface area contributed by atoms with E-state index in [1.165, 1.54) is 12.3 Å². The van der Waals surface area contributed by atoms with Gasteiger partial charge in [0.1, 0.15) is 5.60 Å². The van der Waals surface area contributed by atoms with Gasteiger partial charge in [0.05, 0.1) is 16.5 Å². The zero-order valence-corrected chi connectivity index (χ0v) is 17.8. The minimum Gasteiger partial charge on any atom is -0.456 e. The van der Waals surface area contributed by atoms with E-state index in [0.717, 1.165) is 24.1 Å². The maximum Gasteiger partial charge on any atom is 0.340 e. The number of rotatable bonds is 6. The van der Waals surface area contributed by atoms with Crippen molar-refractivity contribution in [3.8, 4) is 0 Å². The van der Waals surface area contributed by atoms with Crippen molar-refractivity contribution in [2.45, 2.75) is 68.2 Å². The van der Waals surface area contributed by atoms with Gasteiger partial charge in [-0.05, 0) is 70.1 Å². The summed E-state index contributed by atoms with van der Waals surface area (Å²) in [6.07, 6.45) is 4.83. The second-order valence-corrected chi connectivity index (χ2v) is 10.9. The highest BCUT2D eigenvalue weighted by Gasteiger charge is 2.40. The van der Waals surface area contributed by atoms with Crippen LogP contribution in [0.25, 0.3) is 0 Å². The molecule has 0 aliphatic heterocycles. The summed E-state index contributed by atoms with van der Waals surface area (Å²) in [5.41, 5.74) is 1.63. The van der Waals surface area contributed by atoms with E-state index in [4.69, 9.17) is 4.74 Å². The first-order valence-corrected chi connectivity index (χ1v) is 11.5. The Bertz CT molecular complexity index is 1050. The summed E-state index contributed by atoms with van der Waals surface area (Å²) >= 11 is 0. The van der Waals surface area contributed by atoms with Crippen LogP contribution in [0.4, 0.5) is 11.4 Å². The van der Waals surface area contributed by atoms with Crippen molar-refractivity contribution in [1.29, 1.82) is 0 Å². The number of nitrogens with one attached hydrogen (secondary N) is 1. The zero-order valence-electron chi connectivity index (χ0n) is 16.9. The van der Waals surface area contributed by atoms with Crippen LogP contribution in [-0.2, 0) is 14.6 Å². The summed E-state index contributed by atoms with van der Waals surface area (Å²) < 4.78 is 31.6. The Labute approximate surface area is 171 Å². The lowest BCUT2D eigenvalue weighted by molar-refractivity contribution is 0.00703. The van der Waals surface area contributed by atoms with Crippen LogP contribution in [0.2, 0.25) is 0 Å². The molecular weight excluding hydrogens is 388 g/mol. The van der Waals surface area contributed by atoms with E-state index in [0.29, 0.717) is 18.8 Å². The molecule has 0 bridgehead atoms. The third-order valence-electron chi connectivity index (χ3n) is 5.01. The number of carbonyl (C=O) groups is 1. The third kappa shape index (κ3) is 4.29. The minimum absolute atomic E-state index is 0.0750. The molecule has 0 unspecified atom stereocenters. The lowest BCUT2D eigenvalue weighted by atomic mass is 10.1. The van der Waals surface area contributed by atoms with Crippen LogP contribution in [0.5, 0.6) is 0 Å². The molecule has 1 aromatic heterocycles. The van der Waals surface area contributed by atoms with Gasteiger partial charge in [-0.25, -0.2) is 18.2 Å². The number of hydrogen-bond donors (Lipinski definition) is 1. The first-order valence-electron chi connectivity index (χ1n) is 9.99. The number of pyridine rings is 1. The molecule has 0 radical (unpaired) electrons. The topological polar surface area (TPSA) is 85.4 Å². The molecule has 2 aliphatic rings. The van der Waals surface area contributed by atoms with Crippen molar-refractivity contribution in [1.82, 2.24) is 4.98 Å². The predicted molar refractivity (Wildman–Crippen MR) is 111 cm³/mol. The number of benzene rings is 1. The molecule has 1 heterocycles. The van der Waals surface area contributed by atoms with Gasteiger partial charge in [0.15, 0.2) is 5.03 Å². The van der Waals surface area contributed by atoms with Crippen molar-refractivity contribution in [3.05, 3.63) is 47.7 Å². The van der Waals surface area contributed by atoms with E-state index < -0.39 is 26.7 Å². The first kappa shape index (κ1) is 19.9. The Hall–Kier alpha value is -2.41. The maximum atomic E-state index is 13.0. The number of sulfone groups is 1. The quantitative estimate of drug-likeness (QED) is 0.696. The van der Waals surface area contributed by atoms with E-state index >= 15 is 0 Å². The monoisotopic (exact) mass is 414 g/mol. The summed E-state index contributed by atoms with van der Waals surface area (Å²) in [5.74, 6) is -0.109. The average Bonchev–Trinajstić information content (AvgIpc) is 3.54. The number of anilines is 2. The van der Waals surface area contributed by atoms with Crippen molar-refractivity contribution < 1.29 is 17.9 Å². The molecule has 2 aromatic rings. The van der Waals surface area contributed by atoms with Gasteiger partial charge in [0.25, 0.3) is 0 Å². The van der Waals surface area contributed by atoms with Crippen molar-refractivity contribution in [2.75, 3.05) is 5.32 Å². The van der Waals surface area contributed by atoms with Crippen molar-refractivity contribution >= 4 is 27.2 Å². The SMILES string of the molecule is CC(C)(C)OC(=O)c1ccnc(S(=O)(=O)C2CC2)c1Nc1ccccc1C1CC1. The molecule has 1 aromatic carbocycles. The van der Waals surface area contributed by atoms with Gasteiger partial charge >= 0.3 is 5.97 Å². The van der Waals surface area contributed by atoms with E-state index in [2.05, 4.69) is 10.3 Å². The summed E-state index contributed by atoms with van der Waals surface area (Å²) in [7, 11) is -3.62. The first-order chi connectivity index (χ1) is 13.7. The molecule has 0 saturated heterocycles. The van der Waals surface area contributed by atoms with Gasteiger partial charge in [0, 0.05) is 11.9 Å². The predicted octanol–water partition coefficient (Wildman–Crippen LogP) is 4.59. The van der Waals surface area contributed by atoms with Crippen molar-refractivity contribution in [3.63, 3.8) is 0 Å². The number of aromatic nitrogens is 1. The van der Waals surface area contributed by atoms with Crippen LogP contribution in [0.3, 0.4) is 0 Å². The smallest absolute Gasteiger partial charge is 0.340 e. The molecule has 0 atom stereocenters. The molecule has 2 fully saturated rings. The standard InChI is InChI=1S/C22H26N2O4S/c1-22(2,3)28-21(25)17-12-13-23-20(29(26,27)15-10-11-15)19(17)24-18-7-5-4-6-16(18)14-8-9-14/h4-7,12-15,24H,8-11H2,1-3H3. The minimum atomic E-state index is -3.62. The van der Waals surface area contributed by atoms with Gasteiger partial charge in [-0.2, -0.15) is 0 Å². The molecule has 0 amide bonds. The fourth-order valence-electron chi connectivity index (χ4n) is 3.31. The highest BCUT2D eigenvalue weighted by Crippen LogP contribution is 2.45. The lowest BCUT2D eigenvalue weighted by Crippen LogP contribution is -2.25. The molecule has 2 saturated carbocycles. The van der Waals surface area contributed by atoms with Crippen LogP contribution < -0.4 is 5.32 Å². The summed E-state index contributed by atoms with van der Waals surface area (Å²) in [5, 5.41) is 2.74. The lowest BCUT2D eigenvalue weighted by Gasteiger charge is -2.22. The van der Waals surface area contributed by atoms with Crippen LogP contribution in [0.1, 0.15) is 68.3 Å². The summed E-state index contributed by atoms with van der Waals surface area (Å²) in [4.78, 5) is 17.1. The molecule has 29 heavy (non-hydrogen) atoms. The molecule has 2 aliphatic carbocycles. The van der Waals surface area contributed by atoms with E-state index in [9.17, 15) is 13.2 Å². The number of esters is 1. The maximum absolute atomic E-state index is 13.0. The Morgan fingerprint density at radius 3 is 2.41 bits per heavy atom. The van der Waals surface area contributed by atoms with Gasteiger partial charge in [-0.15, -0.1) is 0 Å². The second-order valence-electron chi connectivity index (χ2n) is 8.77. The van der Waals surface area contributed by atoms with Crippen LogP contribution in [-0.4, -0.2) is 30.2 Å². The zero-order chi connectivity index (χ0) is 20.8. The normalized spacial score (nSPS) is 17.1. The molecule has 154 valence electrons. The number of hydrogen-bond acceptors (Lipinski definition) is 6. The molecule has 7 heteroatoms. The van der Waals surface area contributed by atoms with E-state index in [-0.39, 0.29) is 16.3 Å². The summed E-state index contributed by atoms with van der Waals surface area (Å²) in [6.45, 7) is 5.34. The Morgan fingerprint density at radius 1 is 1.10 bits per heavy atom. The average molecular weight is 415 g/mol. The number of carbonyl (C=O) groups excluding carboxylic acids is 1. The van der Waals surface area contributed by atoms with Crippen LogP contribution >= 0.6 is 0 Å². The fraction of sp³-hybridized carbons (Fsp3) is 0.455. The molecule has 0 spiro atoms. The Kier molecular flexibility index (Phi) is 4.89. The molecule has 6 nitrogen and oxygen atoms in total. The number of nitrogens with zero attached hydrogens (tertiary/aromatic N) is 1. The largest absolute Gasteiger partial charge is 0.456 e. The molecule has 1 N–H and O–H groups in total. The highest BCUT2D eigenvalue weighted by atomic mass is 32.2. The highest BCUT2D eigenvalue weighted by molar-refractivity contribution is 7.92. The third-order valence-corrected chi connectivity index (χ3v) is 7.20. The van der Waals surface area contributed by atoms with E-state index in [1.807, 2.05) is 24.3 Å². The number of ether oxygens (including phenoxy) is 1. The van der Waals surface area contributed by atoms with Crippen LogP contribution in [0, 0.1) is 0 Å². The van der Waals surface area contributed by atoms with Crippen molar-refractivity contribution in [2.24, 2.45) is 0 Å². The Morgan fingerprint density at radius 2 is 1.79 bits per heavy atom. The molecule has 4 rings (SSSR count).